The molecule has 170 valence electrons. The number of piperidine rings is 1. The van der Waals surface area contributed by atoms with Crippen molar-refractivity contribution in [2.24, 2.45) is 10.9 Å². The monoisotopic (exact) mass is 558 g/mol. The quantitative estimate of drug-likeness (QED) is 0.310. The zero-order valence-corrected chi connectivity index (χ0v) is 21.1. The fourth-order valence-electron chi connectivity index (χ4n) is 3.58. The molecule has 31 heavy (non-hydrogen) atoms. The Labute approximate surface area is 202 Å². The summed E-state index contributed by atoms with van der Waals surface area (Å²) in [6, 6.07) is 16.5. The third-order valence-electron chi connectivity index (χ3n) is 5.38. The Hall–Kier alpha value is -1.85. The van der Waals surface area contributed by atoms with Gasteiger partial charge >= 0.3 is 0 Å². The van der Waals surface area contributed by atoms with Crippen LogP contribution in [0.25, 0.3) is 0 Å². The summed E-state index contributed by atoms with van der Waals surface area (Å²) in [5.74, 6) is 1.96. The smallest absolute Gasteiger partial charge is 0.243 e. The van der Waals surface area contributed by atoms with Crippen molar-refractivity contribution in [2.75, 3.05) is 33.8 Å². The summed E-state index contributed by atoms with van der Waals surface area (Å²) in [7, 11) is 0.00332. The van der Waals surface area contributed by atoms with E-state index in [4.69, 9.17) is 4.74 Å². The molecule has 0 unspecified atom stereocenters. The average Bonchev–Trinajstić information content (AvgIpc) is 2.80. The summed E-state index contributed by atoms with van der Waals surface area (Å²) in [6.45, 7) is 2.44. The van der Waals surface area contributed by atoms with Gasteiger partial charge in [-0.3, -0.25) is 4.99 Å². The number of nitrogens with zero attached hydrogens (tertiary/aromatic N) is 2. The lowest BCUT2D eigenvalue weighted by Crippen LogP contribution is -2.44. The number of ether oxygens (including phenoxy) is 1. The molecule has 3 rings (SSSR count). The fraction of sp³-hybridized carbons (Fsp3) is 0.409. The number of rotatable bonds is 7. The van der Waals surface area contributed by atoms with Gasteiger partial charge in [-0.25, -0.2) is 8.42 Å². The van der Waals surface area contributed by atoms with Crippen molar-refractivity contribution in [3.63, 3.8) is 0 Å². The Morgan fingerprint density at radius 1 is 1.06 bits per heavy atom. The Bertz CT molecular complexity index is 946. The molecule has 7 nitrogen and oxygen atoms in total. The number of hydrogen-bond acceptors (Lipinski definition) is 4. The number of guanidine groups is 1. The number of methoxy groups -OCH3 is 1. The first-order valence-corrected chi connectivity index (χ1v) is 11.6. The molecule has 1 fully saturated rings. The fourth-order valence-corrected chi connectivity index (χ4v) is 5.08. The largest absolute Gasteiger partial charge is 0.496 e. The van der Waals surface area contributed by atoms with Crippen LogP contribution in [-0.2, 0) is 16.6 Å². The van der Waals surface area contributed by atoms with Crippen molar-refractivity contribution in [1.29, 1.82) is 0 Å². The zero-order valence-electron chi connectivity index (χ0n) is 18.0. The Balaban J connectivity index is 0.00000341. The number of hydrogen-bond donors (Lipinski definition) is 2. The van der Waals surface area contributed by atoms with Crippen LogP contribution in [0, 0.1) is 5.92 Å². The third-order valence-corrected chi connectivity index (χ3v) is 7.29. The summed E-state index contributed by atoms with van der Waals surface area (Å²) < 4.78 is 32.5. The van der Waals surface area contributed by atoms with Crippen molar-refractivity contribution in [3.05, 3.63) is 60.2 Å². The Kier molecular flexibility index (Phi) is 10.0. The lowest BCUT2D eigenvalue weighted by molar-refractivity contribution is 0.273. The lowest BCUT2D eigenvalue weighted by Gasteiger charge is -2.31. The molecular formula is C22H31IN4O3S. The van der Waals surface area contributed by atoms with Gasteiger partial charge in [-0.1, -0.05) is 36.4 Å². The van der Waals surface area contributed by atoms with Crippen LogP contribution in [0.4, 0.5) is 0 Å². The van der Waals surface area contributed by atoms with Gasteiger partial charge < -0.3 is 15.4 Å². The molecule has 9 heteroatoms. The second-order valence-electron chi connectivity index (χ2n) is 7.28. The molecule has 2 aromatic rings. The van der Waals surface area contributed by atoms with Crippen molar-refractivity contribution >= 4 is 40.0 Å². The summed E-state index contributed by atoms with van der Waals surface area (Å²) in [4.78, 5) is 4.65. The highest BCUT2D eigenvalue weighted by atomic mass is 127. The van der Waals surface area contributed by atoms with Gasteiger partial charge in [0, 0.05) is 38.8 Å². The number of aliphatic imine (C=N–C) groups is 1. The number of sulfonamides is 1. The van der Waals surface area contributed by atoms with Crippen LogP contribution in [0.3, 0.4) is 0 Å². The number of benzene rings is 2. The predicted octanol–water partition coefficient (Wildman–Crippen LogP) is 3.08. The van der Waals surface area contributed by atoms with E-state index >= 15 is 0 Å². The first-order chi connectivity index (χ1) is 14.5. The van der Waals surface area contributed by atoms with Gasteiger partial charge in [0.15, 0.2) is 5.96 Å². The molecule has 0 spiro atoms. The molecule has 0 amide bonds. The van der Waals surface area contributed by atoms with Crippen LogP contribution in [0.1, 0.15) is 18.4 Å². The summed E-state index contributed by atoms with van der Waals surface area (Å²) in [5.41, 5.74) is 1.06. The Morgan fingerprint density at radius 2 is 1.71 bits per heavy atom. The standard InChI is InChI=1S/C22H30N4O3S.HI/c1-23-22(25-17-19-8-6-7-11-21(19)29-2)24-16-18-12-14-26(15-13-18)30(27,28)20-9-4-3-5-10-20;/h3-11,18H,12-17H2,1-2H3,(H2,23,24,25);1H. The highest BCUT2D eigenvalue weighted by molar-refractivity contribution is 14.0. The van der Waals surface area contributed by atoms with E-state index in [0.29, 0.717) is 30.4 Å². The second-order valence-corrected chi connectivity index (χ2v) is 9.22. The third kappa shape index (κ3) is 6.81. The summed E-state index contributed by atoms with van der Waals surface area (Å²) in [5, 5.41) is 6.67. The van der Waals surface area contributed by atoms with Gasteiger partial charge in [-0.2, -0.15) is 4.31 Å². The van der Waals surface area contributed by atoms with E-state index in [1.807, 2.05) is 30.3 Å². The van der Waals surface area contributed by atoms with Crippen molar-refractivity contribution in [3.8, 4) is 5.75 Å². The van der Waals surface area contributed by atoms with Gasteiger partial charge in [0.1, 0.15) is 5.75 Å². The first kappa shape index (κ1) is 25.4. The van der Waals surface area contributed by atoms with Crippen LogP contribution in [0.15, 0.2) is 64.5 Å². The normalized spacial score (nSPS) is 15.7. The maximum atomic E-state index is 12.7. The van der Waals surface area contributed by atoms with Crippen molar-refractivity contribution < 1.29 is 13.2 Å². The molecule has 2 aromatic carbocycles. The van der Waals surface area contributed by atoms with E-state index in [0.717, 1.165) is 36.7 Å². The molecule has 0 aliphatic carbocycles. The maximum absolute atomic E-state index is 12.7. The molecule has 1 aliphatic heterocycles. The minimum absolute atomic E-state index is 0. The van der Waals surface area contributed by atoms with E-state index in [9.17, 15) is 8.42 Å². The summed E-state index contributed by atoms with van der Waals surface area (Å²) in [6.07, 6.45) is 1.64. The lowest BCUT2D eigenvalue weighted by atomic mass is 9.98. The van der Waals surface area contributed by atoms with Gasteiger partial charge in [0.05, 0.1) is 12.0 Å². The van der Waals surface area contributed by atoms with Crippen LogP contribution < -0.4 is 15.4 Å². The van der Waals surface area contributed by atoms with Gasteiger partial charge in [0.25, 0.3) is 0 Å². The highest BCUT2D eigenvalue weighted by Crippen LogP contribution is 2.23. The predicted molar refractivity (Wildman–Crippen MR) is 135 cm³/mol. The van der Waals surface area contributed by atoms with Crippen molar-refractivity contribution in [2.45, 2.75) is 24.3 Å². The zero-order chi connectivity index (χ0) is 21.4. The number of para-hydroxylation sites is 1. The first-order valence-electron chi connectivity index (χ1n) is 10.2. The molecule has 0 radical (unpaired) electrons. The topological polar surface area (TPSA) is 83.0 Å². The highest BCUT2D eigenvalue weighted by Gasteiger charge is 2.29. The van der Waals surface area contributed by atoms with E-state index in [1.165, 1.54) is 0 Å². The minimum Gasteiger partial charge on any atom is -0.496 e. The molecule has 1 aliphatic rings. The molecule has 0 saturated carbocycles. The van der Waals surface area contributed by atoms with Gasteiger partial charge in [-0.15, -0.1) is 24.0 Å². The number of nitrogens with one attached hydrogen (secondary N) is 2. The van der Waals surface area contributed by atoms with Gasteiger partial charge in [-0.05, 0) is 37.0 Å². The SMILES string of the molecule is CN=C(NCc1ccccc1OC)NCC1CCN(S(=O)(=O)c2ccccc2)CC1.I. The van der Waals surface area contributed by atoms with E-state index < -0.39 is 10.0 Å². The number of halogens is 1. The van der Waals surface area contributed by atoms with Crippen LogP contribution in [-0.4, -0.2) is 52.5 Å². The van der Waals surface area contributed by atoms with Crippen LogP contribution >= 0.6 is 24.0 Å². The second kappa shape index (κ2) is 12.3. The maximum Gasteiger partial charge on any atom is 0.243 e. The molecule has 1 saturated heterocycles. The Morgan fingerprint density at radius 3 is 2.35 bits per heavy atom. The molecular weight excluding hydrogens is 527 g/mol. The van der Waals surface area contributed by atoms with E-state index in [1.54, 1.807) is 42.7 Å². The molecule has 0 bridgehead atoms. The molecule has 0 aromatic heterocycles. The van der Waals surface area contributed by atoms with Crippen LogP contribution in [0.2, 0.25) is 0 Å². The average molecular weight is 558 g/mol. The molecule has 1 heterocycles. The molecule has 2 N–H and O–H groups in total. The van der Waals surface area contributed by atoms with Gasteiger partial charge in [0.2, 0.25) is 10.0 Å². The van der Waals surface area contributed by atoms with Crippen LogP contribution in [0.5, 0.6) is 5.75 Å². The minimum atomic E-state index is -3.40. The van der Waals surface area contributed by atoms with Crippen molar-refractivity contribution in [1.82, 2.24) is 14.9 Å². The molecule has 0 atom stereocenters. The van der Waals surface area contributed by atoms with E-state index in [2.05, 4.69) is 15.6 Å². The summed E-state index contributed by atoms with van der Waals surface area (Å²) >= 11 is 0. The van der Waals surface area contributed by atoms with E-state index in [-0.39, 0.29) is 24.0 Å².